The Labute approximate surface area is 127 Å². The molecule has 1 aromatic carbocycles. The van der Waals surface area contributed by atoms with Crippen LogP contribution in [0.5, 0.6) is 5.75 Å². The molecule has 1 atom stereocenters. The molecule has 1 aliphatic heterocycles. The third kappa shape index (κ3) is 4.44. The first-order chi connectivity index (χ1) is 10.7. The van der Waals surface area contributed by atoms with Crippen molar-refractivity contribution in [2.75, 3.05) is 18.4 Å². The summed E-state index contributed by atoms with van der Waals surface area (Å²) in [5, 5.41) is 11.6. The molecule has 5 nitrogen and oxygen atoms in total. The van der Waals surface area contributed by atoms with Gasteiger partial charge >= 0.3 is 18.8 Å². The zero-order valence-electron chi connectivity index (χ0n) is 11.6. The summed E-state index contributed by atoms with van der Waals surface area (Å²) in [5.41, 5.74) is -1.64. The molecule has 1 fully saturated rings. The van der Waals surface area contributed by atoms with Crippen LogP contribution in [0.4, 0.5) is 32.4 Å². The number of carbonyl (C=O) groups is 1. The highest BCUT2D eigenvalue weighted by Gasteiger charge is 2.36. The number of amides is 2. The van der Waals surface area contributed by atoms with Crippen molar-refractivity contribution in [1.82, 2.24) is 4.90 Å². The smallest absolute Gasteiger partial charge is 0.420 e. The third-order valence-corrected chi connectivity index (χ3v) is 3.20. The first-order valence-electron chi connectivity index (χ1n) is 6.57. The van der Waals surface area contributed by atoms with E-state index >= 15 is 0 Å². The van der Waals surface area contributed by atoms with Crippen molar-refractivity contribution >= 4 is 11.7 Å². The van der Waals surface area contributed by atoms with Crippen LogP contribution in [-0.2, 0) is 6.18 Å². The van der Waals surface area contributed by atoms with Crippen molar-refractivity contribution in [3.63, 3.8) is 0 Å². The van der Waals surface area contributed by atoms with Gasteiger partial charge in [-0.05, 0) is 24.6 Å². The number of aliphatic hydroxyl groups is 1. The Hall–Kier alpha value is -2.10. The molecular formula is C13H13F5N2O3. The van der Waals surface area contributed by atoms with Gasteiger partial charge in [-0.15, -0.1) is 0 Å². The van der Waals surface area contributed by atoms with E-state index in [2.05, 4.69) is 10.1 Å². The van der Waals surface area contributed by atoms with Crippen molar-refractivity contribution in [3.8, 4) is 5.75 Å². The molecule has 10 heteroatoms. The molecule has 128 valence electrons. The lowest BCUT2D eigenvalue weighted by atomic mass is 10.1. The molecular weight excluding hydrogens is 327 g/mol. The van der Waals surface area contributed by atoms with Crippen molar-refractivity contribution in [1.29, 1.82) is 0 Å². The summed E-state index contributed by atoms with van der Waals surface area (Å²) in [5.74, 6) is -1.03. The van der Waals surface area contributed by atoms with Crippen LogP contribution in [0.1, 0.15) is 12.0 Å². The molecule has 2 rings (SSSR count). The molecule has 0 bridgehead atoms. The fourth-order valence-electron chi connectivity index (χ4n) is 2.16. The maximum absolute atomic E-state index is 12.9. The highest BCUT2D eigenvalue weighted by Crippen LogP contribution is 2.38. The van der Waals surface area contributed by atoms with Gasteiger partial charge in [0.05, 0.1) is 11.7 Å². The minimum Gasteiger partial charge on any atom is -0.434 e. The molecule has 0 unspecified atom stereocenters. The average Bonchev–Trinajstić information content (AvgIpc) is 2.85. The lowest BCUT2D eigenvalue weighted by molar-refractivity contribution is -0.141. The minimum atomic E-state index is -4.92. The van der Waals surface area contributed by atoms with Gasteiger partial charge in [-0.1, -0.05) is 0 Å². The first kappa shape index (κ1) is 17.3. The number of aliphatic hydroxyl groups excluding tert-OH is 1. The number of halogens is 5. The summed E-state index contributed by atoms with van der Waals surface area (Å²) in [6.45, 7) is -3.06. The van der Waals surface area contributed by atoms with E-state index in [1.807, 2.05) is 0 Å². The standard InChI is InChI=1S/C13H13F5N2O3/c14-11(15)23-10-2-1-7(5-9(10)13(16,17)18)19-12(22)20-4-3-8(21)6-20/h1-2,5,8,11,21H,3-4,6H2,(H,19,22)/t8-/m0/s1. The second kappa shape index (κ2) is 6.57. The normalized spacial score (nSPS) is 18.4. The summed E-state index contributed by atoms with van der Waals surface area (Å²) in [6, 6.07) is 1.57. The number of anilines is 1. The van der Waals surface area contributed by atoms with Gasteiger partial charge in [-0.2, -0.15) is 22.0 Å². The number of urea groups is 1. The molecule has 2 amide bonds. The van der Waals surface area contributed by atoms with Gasteiger partial charge in [0.2, 0.25) is 0 Å². The van der Waals surface area contributed by atoms with E-state index in [1.54, 1.807) is 0 Å². The van der Waals surface area contributed by atoms with Gasteiger partial charge in [-0.25, -0.2) is 4.79 Å². The van der Waals surface area contributed by atoms with E-state index in [1.165, 1.54) is 4.90 Å². The summed E-state index contributed by atoms with van der Waals surface area (Å²) < 4.78 is 66.8. The number of β-amino-alcohol motifs (C(OH)–C–C–N with tert-alkyl or cyclic N) is 1. The van der Waals surface area contributed by atoms with Crippen LogP contribution in [0.15, 0.2) is 18.2 Å². The number of carbonyl (C=O) groups excluding carboxylic acids is 1. The van der Waals surface area contributed by atoms with Crippen LogP contribution < -0.4 is 10.1 Å². The molecule has 0 aromatic heterocycles. The number of nitrogens with one attached hydrogen (secondary N) is 1. The Balaban J connectivity index is 2.18. The largest absolute Gasteiger partial charge is 0.434 e. The number of ether oxygens (including phenoxy) is 1. The van der Waals surface area contributed by atoms with Gasteiger partial charge in [-0.3, -0.25) is 0 Å². The van der Waals surface area contributed by atoms with Gasteiger partial charge in [0.25, 0.3) is 0 Å². The number of benzene rings is 1. The number of likely N-dealkylation sites (tertiary alicyclic amines) is 1. The second-order valence-electron chi connectivity index (χ2n) is 4.91. The SMILES string of the molecule is O=C(Nc1ccc(OC(F)F)c(C(F)(F)F)c1)N1CC[C@H](O)C1. The molecule has 0 aliphatic carbocycles. The van der Waals surface area contributed by atoms with Crippen LogP contribution in [0.3, 0.4) is 0 Å². The third-order valence-electron chi connectivity index (χ3n) is 3.20. The molecule has 0 radical (unpaired) electrons. The zero-order valence-corrected chi connectivity index (χ0v) is 11.6. The maximum Gasteiger partial charge on any atom is 0.420 e. The van der Waals surface area contributed by atoms with Crippen molar-refractivity contribution in [2.24, 2.45) is 0 Å². The predicted octanol–water partition coefficient (Wildman–Crippen LogP) is 2.91. The van der Waals surface area contributed by atoms with Crippen molar-refractivity contribution in [2.45, 2.75) is 25.3 Å². The molecule has 1 aromatic rings. The average molecular weight is 340 g/mol. The van der Waals surface area contributed by atoms with E-state index in [0.717, 1.165) is 6.07 Å². The quantitative estimate of drug-likeness (QED) is 0.832. The molecule has 23 heavy (non-hydrogen) atoms. The highest BCUT2D eigenvalue weighted by atomic mass is 19.4. The Morgan fingerprint density at radius 1 is 1.39 bits per heavy atom. The maximum atomic E-state index is 12.9. The van der Waals surface area contributed by atoms with Crippen molar-refractivity contribution < 1.29 is 36.6 Å². The van der Waals surface area contributed by atoms with E-state index in [9.17, 15) is 31.9 Å². The Morgan fingerprint density at radius 2 is 2.09 bits per heavy atom. The first-order valence-corrected chi connectivity index (χ1v) is 6.57. The van der Waals surface area contributed by atoms with Crippen molar-refractivity contribution in [3.05, 3.63) is 23.8 Å². The van der Waals surface area contributed by atoms with Gasteiger partial charge in [0.15, 0.2) is 0 Å². The zero-order chi connectivity index (χ0) is 17.2. The summed E-state index contributed by atoms with van der Waals surface area (Å²) >= 11 is 0. The fourth-order valence-corrected chi connectivity index (χ4v) is 2.16. The Bertz CT molecular complexity index is 579. The molecule has 1 heterocycles. The van der Waals surface area contributed by atoms with Crippen LogP contribution in [0, 0.1) is 0 Å². The van der Waals surface area contributed by atoms with Gasteiger partial charge in [0, 0.05) is 18.8 Å². The second-order valence-corrected chi connectivity index (χ2v) is 4.91. The highest BCUT2D eigenvalue weighted by molar-refractivity contribution is 5.89. The summed E-state index contributed by atoms with van der Waals surface area (Å²) in [7, 11) is 0. The van der Waals surface area contributed by atoms with Crippen LogP contribution in [0.2, 0.25) is 0 Å². The van der Waals surface area contributed by atoms with Crippen LogP contribution in [0.25, 0.3) is 0 Å². The molecule has 0 spiro atoms. The lowest BCUT2D eigenvalue weighted by Crippen LogP contribution is -2.33. The monoisotopic (exact) mass is 340 g/mol. The van der Waals surface area contributed by atoms with E-state index in [0.29, 0.717) is 18.6 Å². The molecule has 1 saturated heterocycles. The Kier molecular flexibility index (Phi) is 4.93. The minimum absolute atomic E-state index is 0.0739. The van der Waals surface area contributed by atoms with Gasteiger partial charge < -0.3 is 20.1 Å². The fraction of sp³-hybridized carbons (Fsp3) is 0.462. The van der Waals surface area contributed by atoms with Gasteiger partial charge in [0.1, 0.15) is 5.75 Å². The topological polar surface area (TPSA) is 61.8 Å². The lowest BCUT2D eigenvalue weighted by Gasteiger charge is -2.18. The van der Waals surface area contributed by atoms with E-state index in [-0.39, 0.29) is 18.8 Å². The van der Waals surface area contributed by atoms with E-state index in [4.69, 9.17) is 0 Å². The number of alkyl halides is 5. The molecule has 2 N–H and O–H groups in total. The number of nitrogens with zero attached hydrogens (tertiary/aromatic N) is 1. The molecule has 1 aliphatic rings. The van der Waals surface area contributed by atoms with Crippen LogP contribution in [-0.4, -0.2) is 41.8 Å². The number of rotatable bonds is 3. The predicted molar refractivity (Wildman–Crippen MR) is 69.3 cm³/mol. The Morgan fingerprint density at radius 3 is 2.61 bits per heavy atom. The summed E-state index contributed by atoms with van der Waals surface area (Å²) in [4.78, 5) is 13.1. The molecule has 0 saturated carbocycles. The number of hydrogen-bond donors (Lipinski definition) is 2. The number of hydrogen-bond acceptors (Lipinski definition) is 3. The van der Waals surface area contributed by atoms with Crippen LogP contribution >= 0.6 is 0 Å². The summed E-state index contributed by atoms with van der Waals surface area (Å²) in [6.07, 6.45) is -5.22. The van der Waals surface area contributed by atoms with E-state index < -0.39 is 36.2 Å².